The highest BCUT2D eigenvalue weighted by atomic mass is 16.1. The van der Waals surface area contributed by atoms with Gasteiger partial charge in [0.15, 0.2) is 0 Å². The van der Waals surface area contributed by atoms with Crippen molar-refractivity contribution in [3.8, 4) is 0 Å². The number of nitrogens with one attached hydrogen (secondary N) is 2. The molecule has 0 bridgehead atoms. The average molecular weight is 234 g/mol. The van der Waals surface area contributed by atoms with Gasteiger partial charge in [0.05, 0.1) is 24.1 Å². The zero-order valence-corrected chi connectivity index (χ0v) is 10.1. The van der Waals surface area contributed by atoms with Crippen molar-refractivity contribution in [2.45, 2.75) is 26.3 Å². The molecule has 1 saturated heterocycles. The predicted molar refractivity (Wildman–Crippen MR) is 64.2 cm³/mol. The Bertz CT molecular complexity index is 371. The molecule has 2 rings (SSSR count). The monoisotopic (exact) mass is 234 g/mol. The highest BCUT2D eigenvalue weighted by Gasteiger charge is 2.20. The molecule has 1 amide bonds. The lowest BCUT2D eigenvalue weighted by Crippen LogP contribution is -2.38. The van der Waals surface area contributed by atoms with Gasteiger partial charge in [0, 0.05) is 12.1 Å². The second kappa shape index (κ2) is 5.72. The Morgan fingerprint density at radius 2 is 2.18 bits per heavy atom. The van der Waals surface area contributed by atoms with Crippen LogP contribution in [0, 0.1) is 12.8 Å². The maximum Gasteiger partial charge on any atom is 0.223 e. The van der Waals surface area contributed by atoms with Crippen molar-refractivity contribution in [1.29, 1.82) is 0 Å². The van der Waals surface area contributed by atoms with Crippen LogP contribution in [0.5, 0.6) is 0 Å². The molecule has 1 fully saturated rings. The molecular formula is C12H18N4O. The van der Waals surface area contributed by atoms with Crippen LogP contribution in [0.1, 0.15) is 24.2 Å². The van der Waals surface area contributed by atoms with E-state index in [1.807, 2.05) is 6.92 Å². The highest BCUT2D eigenvalue weighted by molar-refractivity contribution is 5.78. The van der Waals surface area contributed by atoms with Crippen LogP contribution < -0.4 is 10.6 Å². The second-order valence-electron chi connectivity index (χ2n) is 4.39. The smallest absolute Gasteiger partial charge is 0.223 e. The lowest BCUT2D eigenvalue weighted by molar-refractivity contribution is -0.125. The maximum atomic E-state index is 11.9. The molecule has 0 unspecified atom stereocenters. The molecule has 5 heteroatoms. The molecule has 5 nitrogen and oxygen atoms in total. The van der Waals surface area contributed by atoms with Gasteiger partial charge in [-0.3, -0.25) is 14.8 Å². The Morgan fingerprint density at radius 3 is 2.82 bits per heavy atom. The predicted octanol–water partition coefficient (Wildman–Crippen LogP) is 0.401. The maximum absolute atomic E-state index is 11.9. The topological polar surface area (TPSA) is 66.9 Å². The number of hydrogen-bond donors (Lipinski definition) is 2. The van der Waals surface area contributed by atoms with E-state index in [2.05, 4.69) is 20.6 Å². The average Bonchev–Trinajstić information content (AvgIpc) is 2.39. The van der Waals surface area contributed by atoms with Gasteiger partial charge in [0.1, 0.15) is 0 Å². The molecule has 92 valence electrons. The van der Waals surface area contributed by atoms with Crippen LogP contribution in [0.4, 0.5) is 0 Å². The summed E-state index contributed by atoms with van der Waals surface area (Å²) < 4.78 is 0. The number of aromatic nitrogens is 2. The number of rotatable bonds is 3. The third-order valence-electron chi connectivity index (χ3n) is 2.99. The zero-order valence-electron chi connectivity index (χ0n) is 10.1. The van der Waals surface area contributed by atoms with E-state index in [1.165, 1.54) is 0 Å². The first-order valence-corrected chi connectivity index (χ1v) is 6.01. The Labute approximate surface area is 101 Å². The molecule has 0 aromatic carbocycles. The third kappa shape index (κ3) is 3.49. The SMILES string of the molecule is Cc1cnc(CNC(=O)C2CCNCC2)cn1. The fourth-order valence-electron chi connectivity index (χ4n) is 1.92. The lowest BCUT2D eigenvalue weighted by Gasteiger charge is -2.21. The first-order valence-electron chi connectivity index (χ1n) is 6.01. The molecule has 0 spiro atoms. The number of aryl methyl sites for hydroxylation is 1. The van der Waals surface area contributed by atoms with Crippen LogP contribution in [0.25, 0.3) is 0 Å². The number of carbonyl (C=O) groups is 1. The minimum Gasteiger partial charge on any atom is -0.350 e. The Kier molecular flexibility index (Phi) is 4.03. The molecule has 0 radical (unpaired) electrons. The molecule has 1 aromatic heterocycles. The summed E-state index contributed by atoms with van der Waals surface area (Å²) in [5.41, 5.74) is 1.69. The van der Waals surface area contributed by atoms with E-state index in [-0.39, 0.29) is 11.8 Å². The van der Waals surface area contributed by atoms with E-state index < -0.39 is 0 Å². The Balaban J connectivity index is 1.81. The molecule has 1 aromatic rings. The van der Waals surface area contributed by atoms with E-state index in [0.29, 0.717) is 6.54 Å². The van der Waals surface area contributed by atoms with Crippen molar-refractivity contribution in [3.63, 3.8) is 0 Å². The molecule has 2 heterocycles. The van der Waals surface area contributed by atoms with Crippen LogP contribution in [0.15, 0.2) is 12.4 Å². The summed E-state index contributed by atoms with van der Waals surface area (Å²) in [5, 5.41) is 6.17. The van der Waals surface area contributed by atoms with Gasteiger partial charge < -0.3 is 10.6 Å². The number of nitrogens with zero attached hydrogens (tertiary/aromatic N) is 2. The molecule has 0 saturated carbocycles. The highest BCUT2D eigenvalue weighted by Crippen LogP contribution is 2.11. The lowest BCUT2D eigenvalue weighted by atomic mass is 9.97. The van der Waals surface area contributed by atoms with Crippen molar-refractivity contribution in [2.75, 3.05) is 13.1 Å². The van der Waals surface area contributed by atoms with Gasteiger partial charge in [-0.2, -0.15) is 0 Å². The molecule has 1 aliphatic rings. The van der Waals surface area contributed by atoms with E-state index in [0.717, 1.165) is 37.3 Å². The molecule has 1 aliphatic heterocycles. The minimum absolute atomic E-state index is 0.133. The van der Waals surface area contributed by atoms with E-state index in [4.69, 9.17) is 0 Å². The summed E-state index contributed by atoms with van der Waals surface area (Å²) in [6, 6.07) is 0. The van der Waals surface area contributed by atoms with Crippen molar-refractivity contribution >= 4 is 5.91 Å². The first kappa shape index (κ1) is 12.0. The molecule has 0 atom stereocenters. The molecule has 2 N–H and O–H groups in total. The Morgan fingerprint density at radius 1 is 1.41 bits per heavy atom. The van der Waals surface area contributed by atoms with Gasteiger partial charge >= 0.3 is 0 Å². The Hall–Kier alpha value is -1.49. The first-order chi connectivity index (χ1) is 8.25. The van der Waals surface area contributed by atoms with Crippen molar-refractivity contribution < 1.29 is 4.79 Å². The second-order valence-corrected chi connectivity index (χ2v) is 4.39. The van der Waals surface area contributed by atoms with Gasteiger partial charge in [-0.15, -0.1) is 0 Å². The van der Waals surface area contributed by atoms with Gasteiger partial charge in [-0.1, -0.05) is 0 Å². The van der Waals surface area contributed by atoms with Crippen LogP contribution in [0.3, 0.4) is 0 Å². The molecule has 17 heavy (non-hydrogen) atoms. The summed E-state index contributed by atoms with van der Waals surface area (Å²) in [5.74, 6) is 0.281. The largest absolute Gasteiger partial charge is 0.350 e. The third-order valence-corrected chi connectivity index (χ3v) is 2.99. The standard InChI is InChI=1S/C12H18N4O/c1-9-6-15-11(7-14-9)8-16-12(17)10-2-4-13-5-3-10/h6-7,10,13H,2-5,8H2,1H3,(H,16,17). The van der Waals surface area contributed by atoms with Crippen LogP contribution in [-0.4, -0.2) is 29.0 Å². The van der Waals surface area contributed by atoms with Crippen LogP contribution >= 0.6 is 0 Å². The van der Waals surface area contributed by atoms with Gasteiger partial charge in [0.2, 0.25) is 5.91 Å². The summed E-state index contributed by atoms with van der Waals surface area (Å²) in [7, 11) is 0. The normalized spacial score (nSPS) is 16.8. The van der Waals surface area contributed by atoms with E-state index in [1.54, 1.807) is 12.4 Å². The summed E-state index contributed by atoms with van der Waals surface area (Å²) in [6.07, 6.45) is 5.26. The fourth-order valence-corrected chi connectivity index (χ4v) is 1.92. The minimum atomic E-state index is 0.133. The van der Waals surface area contributed by atoms with Crippen LogP contribution in [0.2, 0.25) is 0 Å². The molecular weight excluding hydrogens is 216 g/mol. The zero-order chi connectivity index (χ0) is 12.1. The van der Waals surface area contributed by atoms with E-state index in [9.17, 15) is 4.79 Å². The fraction of sp³-hybridized carbons (Fsp3) is 0.583. The van der Waals surface area contributed by atoms with Crippen molar-refractivity contribution in [3.05, 3.63) is 23.8 Å². The summed E-state index contributed by atoms with van der Waals surface area (Å²) in [6.45, 7) is 4.23. The number of amides is 1. The van der Waals surface area contributed by atoms with Crippen molar-refractivity contribution in [1.82, 2.24) is 20.6 Å². The number of piperidine rings is 1. The van der Waals surface area contributed by atoms with Gasteiger partial charge in [-0.05, 0) is 32.9 Å². The van der Waals surface area contributed by atoms with E-state index >= 15 is 0 Å². The summed E-state index contributed by atoms with van der Waals surface area (Å²) >= 11 is 0. The van der Waals surface area contributed by atoms with Crippen molar-refractivity contribution in [2.24, 2.45) is 5.92 Å². The molecule has 0 aliphatic carbocycles. The summed E-state index contributed by atoms with van der Waals surface area (Å²) in [4.78, 5) is 20.2. The quantitative estimate of drug-likeness (QED) is 0.794. The number of hydrogen-bond acceptors (Lipinski definition) is 4. The van der Waals surface area contributed by atoms with Gasteiger partial charge in [0.25, 0.3) is 0 Å². The van der Waals surface area contributed by atoms with Gasteiger partial charge in [-0.25, -0.2) is 0 Å². The van der Waals surface area contributed by atoms with Crippen LogP contribution in [-0.2, 0) is 11.3 Å². The number of carbonyl (C=O) groups excluding carboxylic acids is 1.